The number of piperidine rings is 1. The number of imidazole rings is 1. The van der Waals surface area contributed by atoms with E-state index in [1.165, 1.54) is 25.4 Å². The Bertz CT molecular complexity index is 1860. The molecule has 50 heavy (non-hydrogen) atoms. The Morgan fingerprint density at radius 2 is 1.78 bits per heavy atom. The number of hydrogen-bond acceptors (Lipinski definition) is 8. The molecule has 2 aliphatic heterocycles. The maximum absolute atomic E-state index is 14.9. The van der Waals surface area contributed by atoms with Crippen LogP contribution in [0.5, 0.6) is 5.75 Å². The van der Waals surface area contributed by atoms with Gasteiger partial charge in [-0.25, -0.2) is 19.2 Å². The van der Waals surface area contributed by atoms with Crippen LogP contribution in [0, 0.1) is 23.5 Å². The molecule has 0 saturated carbocycles. The monoisotopic (exact) mass is 689 g/mol. The van der Waals surface area contributed by atoms with Crippen LogP contribution < -0.4 is 15.4 Å². The number of aromatic nitrogens is 3. The van der Waals surface area contributed by atoms with Crippen molar-refractivity contribution in [3.05, 3.63) is 71.7 Å². The van der Waals surface area contributed by atoms with Gasteiger partial charge in [-0.15, -0.1) is 0 Å². The summed E-state index contributed by atoms with van der Waals surface area (Å²) in [5.41, 5.74) is 2.59. The highest BCUT2D eigenvalue weighted by Crippen LogP contribution is 2.32. The van der Waals surface area contributed by atoms with Crippen molar-refractivity contribution in [2.75, 3.05) is 51.7 Å². The number of ether oxygens (including phenoxy) is 2. The number of fused-ring (bicyclic) bond motifs is 1. The summed E-state index contributed by atoms with van der Waals surface area (Å²) in [5.74, 6) is -1.05. The normalized spacial score (nSPS) is 15.9. The molecule has 11 nitrogen and oxygen atoms in total. The molecule has 2 N–H and O–H groups in total. The van der Waals surface area contributed by atoms with Gasteiger partial charge in [-0.05, 0) is 94.9 Å². The van der Waals surface area contributed by atoms with Crippen LogP contribution in [0.25, 0.3) is 16.9 Å². The van der Waals surface area contributed by atoms with Crippen molar-refractivity contribution in [2.24, 2.45) is 11.8 Å². The zero-order valence-electron chi connectivity index (χ0n) is 29.3. The Morgan fingerprint density at radius 3 is 2.48 bits per heavy atom. The molecule has 2 aromatic heterocycles. The van der Waals surface area contributed by atoms with E-state index in [9.17, 15) is 18.4 Å². The van der Waals surface area contributed by atoms with Crippen molar-refractivity contribution in [2.45, 2.75) is 52.6 Å². The molecular weight excluding hydrogens is 644 g/mol. The Balaban J connectivity index is 1.02. The first kappa shape index (κ1) is 35.1. The summed E-state index contributed by atoms with van der Waals surface area (Å²) in [6.45, 7) is 12.7. The van der Waals surface area contributed by atoms with E-state index < -0.39 is 17.2 Å². The predicted molar refractivity (Wildman–Crippen MR) is 187 cm³/mol. The van der Waals surface area contributed by atoms with Gasteiger partial charge in [-0.2, -0.15) is 4.39 Å². The quantitative estimate of drug-likeness (QED) is 0.200. The van der Waals surface area contributed by atoms with Crippen LogP contribution in [-0.2, 0) is 11.2 Å². The molecule has 2 amide bonds. The molecule has 2 saturated heterocycles. The number of halogens is 2. The van der Waals surface area contributed by atoms with Crippen LogP contribution in [0.4, 0.5) is 25.1 Å². The van der Waals surface area contributed by atoms with E-state index in [0.29, 0.717) is 47.5 Å². The molecule has 0 bridgehead atoms. The van der Waals surface area contributed by atoms with Crippen LogP contribution in [-0.4, -0.2) is 88.1 Å². The number of nitrogens with one attached hydrogen (secondary N) is 2. The SMILES string of the molecule is CCc1cc(Nc2nccn3c(-c4ccc(OC)c(F)c4F)cnc23)ccc1C(=O)NCC1CCN(CC2CN(C(=O)OC(C)(C)C)C2)CC1. The number of methoxy groups -OCH3 is 1. The van der Waals surface area contributed by atoms with E-state index in [0.717, 1.165) is 56.8 Å². The lowest BCUT2D eigenvalue weighted by Crippen LogP contribution is -2.55. The second-order valence-electron chi connectivity index (χ2n) is 14.1. The number of benzene rings is 2. The first-order valence-corrected chi connectivity index (χ1v) is 17.2. The smallest absolute Gasteiger partial charge is 0.410 e. The largest absolute Gasteiger partial charge is 0.494 e. The summed E-state index contributed by atoms with van der Waals surface area (Å²) in [7, 11) is 1.28. The second kappa shape index (κ2) is 14.6. The Morgan fingerprint density at radius 1 is 1.02 bits per heavy atom. The minimum Gasteiger partial charge on any atom is -0.494 e. The van der Waals surface area contributed by atoms with Crippen molar-refractivity contribution in [1.29, 1.82) is 0 Å². The number of carbonyl (C=O) groups excluding carboxylic acids is 2. The third-order valence-corrected chi connectivity index (χ3v) is 9.35. The number of nitrogens with zero attached hydrogens (tertiary/aromatic N) is 5. The number of hydrogen-bond donors (Lipinski definition) is 2. The highest BCUT2D eigenvalue weighted by Gasteiger charge is 2.35. The molecule has 0 atom stereocenters. The summed E-state index contributed by atoms with van der Waals surface area (Å²) in [4.78, 5) is 38.6. The zero-order valence-corrected chi connectivity index (χ0v) is 29.3. The first-order valence-electron chi connectivity index (χ1n) is 17.2. The van der Waals surface area contributed by atoms with Crippen LogP contribution in [0.2, 0.25) is 0 Å². The van der Waals surface area contributed by atoms with Crippen molar-refractivity contribution in [1.82, 2.24) is 29.5 Å². The lowest BCUT2D eigenvalue weighted by molar-refractivity contribution is -0.00806. The summed E-state index contributed by atoms with van der Waals surface area (Å²) < 4.78 is 41.3. The van der Waals surface area contributed by atoms with Crippen molar-refractivity contribution in [3.63, 3.8) is 0 Å². The highest BCUT2D eigenvalue weighted by molar-refractivity contribution is 5.96. The van der Waals surface area contributed by atoms with Crippen LogP contribution >= 0.6 is 0 Å². The summed E-state index contributed by atoms with van der Waals surface area (Å²) >= 11 is 0. The number of aryl methyl sites for hydroxylation is 1. The second-order valence-corrected chi connectivity index (χ2v) is 14.1. The molecule has 0 unspecified atom stereocenters. The number of likely N-dealkylation sites (tertiary alicyclic amines) is 2. The molecular formula is C37H45F2N7O4. The Kier molecular flexibility index (Phi) is 10.2. The van der Waals surface area contributed by atoms with E-state index in [1.54, 1.807) is 21.7 Å². The van der Waals surface area contributed by atoms with Gasteiger partial charge in [0.1, 0.15) is 5.60 Å². The molecule has 4 heterocycles. The third kappa shape index (κ3) is 7.67. The Hall–Kier alpha value is -4.78. The minimum absolute atomic E-state index is 0.0454. The van der Waals surface area contributed by atoms with E-state index in [1.807, 2.05) is 45.9 Å². The van der Waals surface area contributed by atoms with Crippen LogP contribution in [0.3, 0.4) is 0 Å². The number of carbonyl (C=O) groups is 2. The number of amides is 2. The fourth-order valence-corrected chi connectivity index (χ4v) is 6.65. The summed E-state index contributed by atoms with van der Waals surface area (Å²) in [6, 6.07) is 8.39. The number of rotatable bonds is 10. The fourth-order valence-electron chi connectivity index (χ4n) is 6.65. The van der Waals surface area contributed by atoms with Gasteiger partial charge in [0, 0.05) is 61.3 Å². The van der Waals surface area contributed by atoms with Gasteiger partial charge in [0.15, 0.2) is 23.0 Å². The van der Waals surface area contributed by atoms with Gasteiger partial charge in [0.2, 0.25) is 5.82 Å². The summed E-state index contributed by atoms with van der Waals surface area (Å²) in [6.07, 6.45) is 7.10. The summed E-state index contributed by atoms with van der Waals surface area (Å²) in [5, 5.41) is 6.44. The van der Waals surface area contributed by atoms with E-state index in [-0.39, 0.29) is 23.3 Å². The van der Waals surface area contributed by atoms with Gasteiger partial charge >= 0.3 is 6.09 Å². The molecule has 0 radical (unpaired) electrons. The van der Waals surface area contributed by atoms with Gasteiger partial charge in [-0.3, -0.25) is 9.20 Å². The molecule has 2 aliphatic rings. The molecule has 4 aromatic rings. The highest BCUT2D eigenvalue weighted by atomic mass is 19.2. The van der Waals surface area contributed by atoms with Crippen molar-refractivity contribution < 1.29 is 27.8 Å². The third-order valence-electron chi connectivity index (χ3n) is 9.35. The molecule has 0 spiro atoms. The van der Waals surface area contributed by atoms with Gasteiger partial charge in [0.25, 0.3) is 5.91 Å². The average molecular weight is 690 g/mol. The predicted octanol–water partition coefficient (Wildman–Crippen LogP) is 6.30. The van der Waals surface area contributed by atoms with Crippen molar-refractivity contribution in [3.8, 4) is 17.0 Å². The zero-order chi connectivity index (χ0) is 35.6. The molecule has 13 heteroatoms. The molecule has 2 fully saturated rings. The van der Waals surface area contributed by atoms with Gasteiger partial charge in [-0.1, -0.05) is 6.92 Å². The maximum Gasteiger partial charge on any atom is 0.410 e. The van der Waals surface area contributed by atoms with Gasteiger partial charge < -0.3 is 29.9 Å². The lowest BCUT2D eigenvalue weighted by atomic mass is 9.94. The topological polar surface area (TPSA) is 113 Å². The van der Waals surface area contributed by atoms with Crippen LogP contribution in [0.15, 0.2) is 48.9 Å². The van der Waals surface area contributed by atoms with Gasteiger partial charge in [0.05, 0.1) is 19.0 Å². The maximum atomic E-state index is 14.9. The minimum atomic E-state index is -1.07. The lowest BCUT2D eigenvalue weighted by Gasteiger charge is -2.43. The standard InChI is InChI=1S/C37H45F2N7O4/c1-6-25-17-26(43-33-34-41-19-29(46(34)16-13-40-33)28-9-10-30(49-5)32(39)31(28)38)7-8-27(25)35(47)42-18-23-11-14-44(15-12-23)20-24-21-45(22-24)36(48)50-37(2,3)4/h7-10,13,16-17,19,23-24H,6,11-12,14-15,18,20-22H2,1-5H3,(H,40,43)(H,42,47). The van der Waals surface area contributed by atoms with Crippen molar-refractivity contribution >= 4 is 29.2 Å². The molecule has 266 valence electrons. The van der Waals surface area contributed by atoms with E-state index in [4.69, 9.17) is 9.47 Å². The number of anilines is 2. The first-order chi connectivity index (χ1) is 23.9. The van der Waals surface area contributed by atoms with Crippen LogP contribution in [0.1, 0.15) is 56.5 Å². The molecule has 6 rings (SSSR count). The van der Waals surface area contributed by atoms with E-state index >= 15 is 0 Å². The fraction of sp³-hybridized carbons (Fsp3) is 0.459. The molecule has 2 aromatic carbocycles. The van der Waals surface area contributed by atoms with E-state index in [2.05, 4.69) is 25.5 Å². The average Bonchev–Trinajstić information content (AvgIpc) is 3.51. The Labute approximate surface area is 291 Å². The molecule has 0 aliphatic carbocycles.